The van der Waals surface area contributed by atoms with Crippen molar-refractivity contribution in [2.24, 2.45) is 0 Å². The summed E-state index contributed by atoms with van der Waals surface area (Å²) in [4.78, 5) is 27.3. The van der Waals surface area contributed by atoms with Gasteiger partial charge >= 0.3 is 0 Å². The Hall–Kier alpha value is -3.49. The molecule has 2 amide bonds. The van der Waals surface area contributed by atoms with Gasteiger partial charge in [-0.3, -0.25) is 9.59 Å². The van der Waals surface area contributed by atoms with Gasteiger partial charge in [-0.15, -0.1) is 0 Å². The van der Waals surface area contributed by atoms with Gasteiger partial charge in [0.25, 0.3) is 0 Å². The number of amides is 2. The van der Waals surface area contributed by atoms with Crippen molar-refractivity contribution in [3.63, 3.8) is 0 Å². The number of benzene rings is 3. The van der Waals surface area contributed by atoms with Gasteiger partial charge in [0, 0.05) is 24.3 Å². The molecule has 7 nitrogen and oxygen atoms in total. The summed E-state index contributed by atoms with van der Waals surface area (Å²) < 4.78 is 29.4. The zero-order valence-electron chi connectivity index (χ0n) is 20.7. The van der Waals surface area contributed by atoms with Gasteiger partial charge in [0.2, 0.25) is 21.8 Å². The van der Waals surface area contributed by atoms with Crippen LogP contribution in [0.15, 0.2) is 71.6 Å². The first kappa shape index (κ1) is 25.6. The Kier molecular flexibility index (Phi) is 7.56. The Balaban J connectivity index is 1.61. The van der Waals surface area contributed by atoms with Crippen molar-refractivity contribution >= 4 is 33.2 Å². The second-order valence-electron chi connectivity index (χ2n) is 9.11. The fourth-order valence-electron chi connectivity index (χ4n) is 4.38. The fraction of sp³-hybridized carbons (Fsp3) is 0.286. The van der Waals surface area contributed by atoms with Crippen LogP contribution in [0.3, 0.4) is 0 Å². The van der Waals surface area contributed by atoms with Crippen molar-refractivity contribution in [3.05, 3.63) is 89.0 Å². The Morgan fingerprint density at radius 3 is 2.47 bits per heavy atom. The highest BCUT2D eigenvalue weighted by molar-refractivity contribution is 7.89. The molecule has 4 rings (SSSR count). The summed E-state index contributed by atoms with van der Waals surface area (Å²) in [5.74, 6) is -0.425. The van der Waals surface area contributed by atoms with E-state index in [2.05, 4.69) is 10.0 Å². The lowest BCUT2D eigenvalue weighted by molar-refractivity contribution is -0.118. The number of nitrogens with one attached hydrogen (secondary N) is 2. The molecule has 8 heteroatoms. The quantitative estimate of drug-likeness (QED) is 0.481. The lowest BCUT2D eigenvalue weighted by atomic mass is 10.1. The maximum Gasteiger partial charge on any atom is 0.242 e. The minimum Gasteiger partial charge on any atom is -0.324 e. The zero-order chi connectivity index (χ0) is 25.9. The molecule has 0 aliphatic carbocycles. The van der Waals surface area contributed by atoms with E-state index in [1.165, 1.54) is 6.07 Å². The van der Waals surface area contributed by atoms with Crippen LogP contribution >= 0.6 is 0 Å². The normalized spacial score (nSPS) is 13.8. The molecule has 3 aromatic rings. The maximum absolute atomic E-state index is 13.4. The highest BCUT2D eigenvalue weighted by atomic mass is 32.2. The third-order valence-electron chi connectivity index (χ3n) is 6.41. The molecule has 0 fully saturated rings. The minimum atomic E-state index is -4.01. The van der Waals surface area contributed by atoms with Gasteiger partial charge in [-0.05, 0) is 73.2 Å². The van der Waals surface area contributed by atoms with Crippen molar-refractivity contribution in [2.45, 2.75) is 51.0 Å². The van der Waals surface area contributed by atoms with Crippen molar-refractivity contribution in [1.29, 1.82) is 0 Å². The van der Waals surface area contributed by atoms with Gasteiger partial charge in [0.05, 0.1) is 4.90 Å². The fourth-order valence-corrected chi connectivity index (χ4v) is 5.62. The average molecular weight is 506 g/mol. The Labute approximate surface area is 212 Å². The summed E-state index contributed by atoms with van der Waals surface area (Å²) in [7, 11) is -4.01. The summed E-state index contributed by atoms with van der Waals surface area (Å²) in [6.07, 6.45) is 1.17. The molecule has 1 unspecified atom stereocenters. The highest BCUT2D eigenvalue weighted by Gasteiger charge is 2.29. The van der Waals surface area contributed by atoms with E-state index in [4.69, 9.17) is 0 Å². The van der Waals surface area contributed by atoms with Gasteiger partial charge in [0.1, 0.15) is 6.04 Å². The SMILES string of the molecule is CCC(=O)N1CCc2cc(S(=O)(=O)NC(Cc3ccccc3)C(=O)Nc3cc(C)ccc3C)ccc21. The van der Waals surface area contributed by atoms with Crippen molar-refractivity contribution in [2.75, 3.05) is 16.8 Å². The summed E-state index contributed by atoms with van der Waals surface area (Å²) in [5, 5.41) is 2.90. The van der Waals surface area contributed by atoms with Gasteiger partial charge < -0.3 is 10.2 Å². The minimum absolute atomic E-state index is 0.00789. The predicted molar refractivity (Wildman–Crippen MR) is 142 cm³/mol. The largest absolute Gasteiger partial charge is 0.324 e. The number of nitrogens with zero attached hydrogens (tertiary/aromatic N) is 1. The smallest absolute Gasteiger partial charge is 0.242 e. The number of hydrogen-bond donors (Lipinski definition) is 2. The van der Waals surface area contributed by atoms with E-state index in [0.29, 0.717) is 25.1 Å². The number of hydrogen-bond acceptors (Lipinski definition) is 4. The van der Waals surface area contributed by atoms with Gasteiger partial charge in [-0.25, -0.2) is 8.42 Å². The van der Waals surface area contributed by atoms with Crippen LogP contribution in [0, 0.1) is 13.8 Å². The van der Waals surface area contributed by atoms with Crippen molar-refractivity contribution in [1.82, 2.24) is 4.72 Å². The predicted octanol–water partition coefficient (Wildman–Crippen LogP) is 4.13. The molecule has 1 aliphatic rings. The molecule has 2 N–H and O–H groups in total. The first-order chi connectivity index (χ1) is 17.2. The van der Waals surface area contributed by atoms with E-state index in [9.17, 15) is 18.0 Å². The highest BCUT2D eigenvalue weighted by Crippen LogP contribution is 2.31. The average Bonchev–Trinajstić information content (AvgIpc) is 3.29. The molecule has 0 radical (unpaired) electrons. The number of fused-ring (bicyclic) bond motifs is 1. The molecule has 36 heavy (non-hydrogen) atoms. The number of carbonyl (C=O) groups is 2. The van der Waals surface area contributed by atoms with Crippen LogP contribution in [-0.4, -0.2) is 32.8 Å². The van der Waals surface area contributed by atoms with Crippen LogP contribution in [0.2, 0.25) is 0 Å². The molecule has 3 aromatic carbocycles. The molecular weight excluding hydrogens is 474 g/mol. The zero-order valence-corrected chi connectivity index (χ0v) is 21.6. The van der Waals surface area contributed by atoms with Crippen LogP contribution < -0.4 is 14.9 Å². The van der Waals surface area contributed by atoms with Crippen LogP contribution in [0.4, 0.5) is 11.4 Å². The first-order valence-corrected chi connectivity index (χ1v) is 13.5. The Morgan fingerprint density at radius 1 is 1.00 bits per heavy atom. The molecule has 0 aromatic heterocycles. The summed E-state index contributed by atoms with van der Waals surface area (Å²) >= 11 is 0. The van der Waals surface area contributed by atoms with Crippen LogP contribution in [0.5, 0.6) is 0 Å². The molecule has 1 aliphatic heterocycles. The van der Waals surface area contributed by atoms with Gasteiger partial charge in [0.15, 0.2) is 0 Å². The van der Waals surface area contributed by atoms with Gasteiger partial charge in [-0.2, -0.15) is 4.72 Å². The third kappa shape index (κ3) is 5.66. The lowest BCUT2D eigenvalue weighted by Gasteiger charge is -2.20. The first-order valence-electron chi connectivity index (χ1n) is 12.1. The van der Waals surface area contributed by atoms with Crippen LogP contribution in [0.1, 0.15) is 35.6 Å². The maximum atomic E-state index is 13.4. The van der Waals surface area contributed by atoms with E-state index in [-0.39, 0.29) is 17.2 Å². The van der Waals surface area contributed by atoms with E-state index >= 15 is 0 Å². The summed E-state index contributed by atoms with van der Waals surface area (Å²) in [5.41, 5.74) is 4.91. The van der Waals surface area contributed by atoms with E-state index < -0.39 is 22.0 Å². The molecule has 0 saturated heterocycles. The number of anilines is 2. The second kappa shape index (κ2) is 10.6. The topological polar surface area (TPSA) is 95.6 Å². The lowest BCUT2D eigenvalue weighted by Crippen LogP contribution is -2.45. The molecule has 188 valence electrons. The van der Waals surface area contributed by atoms with E-state index in [1.807, 2.05) is 62.4 Å². The monoisotopic (exact) mass is 505 g/mol. The molecule has 1 atom stereocenters. The van der Waals surface area contributed by atoms with E-state index in [0.717, 1.165) is 27.9 Å². The number of carbonyl (C=O) groups excluding carboxylic acids is 2. The Morgan fingerprint density at radius 2 is 1.75 bits per heavy atom. The van der Waals surface area contributed by atoms with Crippen molar-refractivity contribution in [3.8, 4) is 0 Å². The molecule has 0 bridgehead atoms. The van der Waals surface area contributed by atoms with Crippen LogP contribution in [0.25, 0.3) is 0 Å². The number of rotatable bonds is 8. The number of aryl methyl sites for hydroxylation is 2. The molecule has 0 saturated carbocycles. The van der Waals surface area contributed by atoms with Crippen molar-refractivity contribution < 1.29 is 18.0 Å². The molecule has 0 spiro atoms. The molecule has 1 heterocycles. The third-order valence-corrected chi connectivity index (χ3v) is 7.88. The molecular formula is C28H31N3O4S. The van der Waals surface area contributed by atoms with Gasteiger partial charge in [-0.1, -0.05) is 49.4 Å². The van der Waals surface area contributed by atoms with Crippen LogP contribution in [-0.2, 0) is 32.5 Å². The Bertz CT molecular complexity index is 1390. The number of sulfonamides is 1. The second-order valence-corrected chi connectivity index (χ2v) is 10.8. The van der Waals surface area contributed by atoms with E-state index in [1.54, 1.807) is 24.0 Å². The standard InChI is InChI=1S/C28H31N3O4S/c1-4-27(32)31-15-14-22-18-23(12-13-26(22)31)36(34,35)30-25(17-21-8-6-5-7-9-21)28(33)29-24-16-19(2)10-11-20(24)3/h5-13,16,18,25,30H,4,14-15,17H2,1-3H3,(H,29,33). The summed E-state index contributed by atoms with van der Waals surface area (Å²) in [6, 6.07) is 18.8. The summed E-state index contributed by atoms with van der Waals surface area (Å²) in [6.45, 7) is 6.16.